The summed E-state index contributed by atoms with van der Waals surface area (Å²) >= 11 is 0. The molecule has 0 N–H and O–H groups in total. The number of hydrogen-bond donors (Lipinski definition) is 0. The lowest BCUT2D eigenvalue weighted by molar-refractivity contribution is -0.149. The van der Waals surface area contributed by atoms with Crippen LogP contribution >= 0.6 is 0 Å². The van der Waals surface area contributed by atoms with Gasteiger partial charge in [0, 0.05) is 25.7 Å². The summed E-state index contributed by atoms with van der Waals surface area (Å²) in [5, 5.41) is 0. The predicted molar refractivity (Wildman–Crippen MR) is 59.4 cm³/mol. The van der Waals surface area contributed by atoms with Gasteiger partial charge in [-0.2, -0.15) is 0 Å². The van der Waals surface area contributed by atoms with Gasteiger partial charge in [0.2, 0.25) is 0 Å². The van der Waals surface area contributed by atoms with E-state index in [1.807, 2.05) is 26.8 Å². The van der Waals surface area contributed by atoms with Gasteiger partial charge in [0.25, 0.3) is 0 Å². The SMILES string of the molecule is CC(=O)OC(CC=C(C)C)[C@H](C)CC=O. The van der Waals surface area contributed by atoms with Crippen molar-refractivity contribution >= 4 is 12.3 Å². The van der Waals surface area contributed by atoms with Gasteiger partial charge in [-0.1, -0.05) is 18.6 Å². The molecule has 0 aliphatic carbocycles. The Balaban J connectivity index is 4.35. The summed E-state index contributed by atoms with van der Waals surface area (Å²) in [6.45, 7) is 7.30. The van der Waals surface area contributed by atoms with Crippen LogP contribution in [0, 0.1) is 5.92 Å². The zero-order valence-electron chi connectivity index (χ0n) is 9.95. The molecular weight excluding hydrogens is 192 g/mol. The Kier molecular flexibility index (Phi) is 6.67. The number of carbonyl (C=O) groups excluding carboxylic acids is 2. The van der Waals surface area contributed by atoms with Gasteiger partial charge in [-0.15, -0.1) is 0 Å². The second-order valence-electron chi connectivity index (χ2n) is 4.04. The topological polar surface area (TPSA) is 43.4 Å². The normalized spacial score (nSPS) is 13.9. The van der Waals surface area contributed by atoms with Crippen molar-refractivity contribution in [2.45, 2.75) is 46.6 Å². The van der Waals surface area contributed by atoms with Crippen molar-refractivity contribution in [2.24, 2.45) is 5.92 Å². The molecule has 0 bridgehead atoms. The maximum absolute atomic E-state index is 10.9. The highest BCUT2D eigenvalue weighted by molar-refractivity contribution is 5.66. The van der Waals surface area contributed by atoms with Crippen molar-refractivity contribution in [1.82, 2.24) is 0 Å². The van der Waals surface area contributed by atoms with E-state index in [0.717, 1.165) is 6.29 Å². The summed E-state index contributed by atoms with van der Waals surface area (Å²) in [5.74, 6) is -0.220. The molecule has 0 aromatic heterocycles. The van der Waals surface area contributed by atoms with Crippen LogP contribution in [0.2, 0.25) is 0 Å². The first-order valence-corrected chi connectivity index (χ1v) is 5.21. The van der Waals surface area contributed by atoms with Gasteiger partial charge in [0.1, 0.15) is 12.4 Å². The van der Waals surface area contributed by atoms with E-state index >= 15 is 0 Å². The van der Waals surface area contributed by atoms with Crippen molar-refractivity contribution in [1.29, 1.82) is 0 Å². The molecular formula is C12H20O3. The van der Waals surface area contributed by atoms with E-state index in [4.69, 9.17) is 4.74 Å². The van der Waals surface area contributed by atoms with Crippen molar-refractivity contribution in [3.05, 3.63) is 11.6 Å². The Hall–Kier alpha value is -1.12. The van der Waals surface area contributed by atoms with Crippen LogP contribution in [0.5, 0.6) is 0 Å². The lowest BCUT2D eigenvalue weighted by Crippen LogP contribution is -2.24. The van der Waals surface area contributed by atoms with Crippen LogP contribution < -0.4 is 0 Å². The standard InChI is InChI=1S/C12H20O3/c1-9(2)5-6-12(15-11(4)14)10(3)7-8-13/h5,8,10,12H,6-7H2,1-4H3/t10-,12?/m1/s1. The summed E-state index contributed by atoms with van der Waals surface area (Å²) in [5.41, 5.74) is 1.19. The van der Waals surface area contributed by atoms with E-state index in [2.05, 4.69) is 0 Å². The average molecular weight is 212 g/mol. The minimum atomic E-state index is -0.292. The van der Waals surface area contributed by atoms with Crippen LogP contribution in [0.15, 0.2) is 11.6 Å². The van der Waals surface area contributed by atoms with Crippen LogP contribution in [0.1, 0.15) is 40.5 Å². The lowest BCUT2D eigenvalue weighted by atomic mass is 9.98. The molecule has 0 spiro atoms. The summed E-state index contributed by atoms with van der Waals surface area (Å²) in [6, 6.07) is 0. The van der Waals surface area contributed by atoms with Gasteiger partial charge in [-0.05, 0) is 13.8 Å². The molecule has 0 aliphatic rings. The molecule has 0 aliphatic heterocycles. The number of allylic oxidation sites excluding steroid dienone is 1. The summed E-state index contributed by atoms with van der Waals surface area (Å²) in [4.78, 5) is 21.3. The maximum atomic E-state index is 10.9. The molecule has 0 radical (unpaired) electrons. The largest absolute Gasteiger partial charge is 0.462 e. The lowest BCUT2D eigenvalue weighted by Gasteiger charge is -2.21. The quantitative estimate of drug-likeness (QED) is 0.386. The van der Waals surface area contributed by atoms with Crippen molar-refractivity contribution in [2.75, 3.05) is 0 Å². The molecule has 86 valence electrons. The molecule has 0 heterocycles. The number of carbonyl (C=O) groups is 2. The van der Waals surface area contributed by atoms with Gasteiger partial charge in [-0.25, -0.2) is 0 Å². The van der Waals surface area contributed by atoms with E-state index in [9.17, 15) is 9.59 Å². The van der Waals surface area contributed by atoms with Gasteiger partial charge in [0.05, 0.1) is 0 Å². The minimum absolute atomic E-state index is 0.0713. The zero-order valence-corrected chi connectivity index (χ0v) is 9.95. The first-order valence-electron chi connectivity index (χ1n) is 5.21. The van der Waals surface area contributed by atoms with Crippen molar-refractivity contribution in [3.8, 4) is 0 Å². The second-order valence-corrected chi connectivity index (χ2v) is 4.04. The van der Waals surface area contributed by atoms with E-state index in [1.54, 1.807) is 0 Å². The van der Waals surface area contributed by atoms with Gasteiger partial charge in [0.15, 0.2) is 0 Å². The number of ether oxygens (including phenoxy) is 1. The predicted octanol–water partition coefficient (Wildman–Crippen LogP) is 2.50. The third kappa shape index (κ3) is 6.89. The van der Waals surface area contributed by atoms with Crippen LogP contribution in [0.3, 0.4) is 0 Å². The molecule has 15 heavy (non-hydrogen) atoms. The van der Waals surface area contributed by atoms with Crippen molar-refractivity contribution in [3.63, 3.8) is 0 Å². The monoisotopic (exact) mass is 212 g/mol. The van der Waals surface area contributed by atoms with Gasteiger partial charge < -0.3 is 9.53 Å². The molecule has 0 amide bonds. The molecule has 0 saturated carbocycles. The molecule has 0 saturated heterocycles. The van der Waals surface area contributed by atoms with Crippen molar-refractivity contribution < 1.29 is 14.3 Å². The number of hydrogen-bond acceptors (Lipinski definition) is 3. The Morgan fingerprint density at radius 1 is 1.27 bits per heavy atom. The molecule has 3 heteroatoms. The third-order valence-corrected chi connectivity index (χ3v) is 2.18. The van der Waals surface area contributed by atoms with E-state index in [-0.39, 0.29) is 18.0 Å². The molecule has 0 aromatic rings. The third-order valence-electron chi connectivity index (χ3n) is 2.18. The fourth-order valence-electron chi connectivity index (χ4n) is 1.27. The van der Waals surface area contributed by atoms with E-state index < -0.39 is 0 Å². The highest BCUT2D eigenvalue weighted by Gasteiger charge is 2.18. The molecule has 2 atom stereocenters. The summed E-state index contributed by atoms with van der Waals surface area (Å²) in [6.07, 6.45) is 3.80. The highest BCUT2D eigenvalue weighted by atomic mass is 16.5. The molecule has 3 nitrogen and oxygen atoms in total. The van der Waals surface area contributed by atoms with E-state index in [0.29, 0.717) is 12.8 Å². The Labute approximate surface area is 91.5 Å². The summed E-state index contributed by atoms with van der Waals surface area (Å²) < 4.78 is 5.17. The second kappa shape index (κ2) is 7.21. The highest BCUT2D eigenvalue weighted by Crippen LogP contribution is 2.16. The minimum Gasteiger partial charge on any atom is -0.462 e. The van der Waals surface area contributed by atoms with Gasteiger partial charge in [-0.3, -0.25) is 4.79 Å². The first kappa shape index (κ1) is 13.9. The Morgan fingerprint density at radius 2 is 1.87 bits per heavy atom. The molecule has 0 rings (SSSR count). The number of rotatable bonds is 6. The number of aldehydes is 1. The van der Waals surface area contributed by atoms with Crippen LogP contribution in [0.25, 0.3) is 0 Å². The fraction of sp³-hybridized carbons (Fsp3) is 0.667. The Bertz CT molecular complexity index is 239. The average Bonchev–Trinajstić information content (AvgIpc) is 2.11. The van der Waals surface area contributed by atoms with Crippen LogP contribution in [-0.4, -0.2) is 18.4 Å². The first-order chi connectivity index (χ1) is 6.97. The van der Waals surface area contributed by atoms with Gasteiger partial charge >= 0.3 is 5.97 Å². The Morgan fingerprint density at radius 3 is 2.27 bits per heavy atom. The van der Waals surface area contributed by atoms with Crippen LogP contribution in [-0.2, 0) is 14.3 Å². The summed E-state index contributed by atoms with van der Waals surface area (Å²) in [7, 11) is 0. The smallest absolute Gasteiger partial charge is 0.302 e. The fourth-order valence-corrected chi connectivity index (χ4v) is 1.27. The zero-order chi connectivity index (χ0) is 11.8. The molecule has 0 fully saturated rings. The molecule has 1 unspecified atom stereocenters. The maximum Gasteiger partial charge on any atom is 0.302 e. The van der Waals surface area contributed by atoms with Crippen LogP contribution in [0.4, 0.5) is 0 Å². The molecule has 0 aromatic carbocycles. The number of esters is 1. The van der Waals surface area contributed by atoms with E-state index in [1.165, 1.54) is 12.5 Å².